The van der Waals surface area contributed by atoms with Gasteiger partial charge in [-0.2, -0.15) is 0 Å². The van der Waals surface area contributed by atoms with Crippen LogP contribution in [0.3, 0.4) is 0 Å². The lowest BCUT2D eigenvalue weighted by atomic mass is 10.1. The molecular formula is C22H28ClNO4. The van der Waals surface area contributed by atoms with Gasteiger partial charge in [-0.15, -0.1) is 0 Å². The average Bonchev–Trinajstić information content (AvgIpc) is 3.21. The van der Waals surface area contributed by atoms with Crippen LogP contribution in [0.2, 0.25) is 5.02 Å². The Bertz CT molecular complexity index is 701. The number of halogens is 1. The van der Waals surface area contributed by atoms with E-state index in [1.807, 2.05) is 12.1 Å². The molecule has 0 bridgehead atoms. The van der Waals surface area contributed by atoms with Crippen molar-refractivity contribution in [3.63, 3.8) is 0 Å². The Morgan fingerprint density at radius 3 is 2.50 bits per heavy atom. The molecule has 1 fully saturated rings. The van der Waals surface area contributed by atoms with E-state index in [-0.39, 0.29) is 12.7 Å². The zero-order chi connectivity index (χ0) is 19.8. The highest BCUT2D eigenvalue weighted by molar-refractivity contribution is 6.30. The first-order valence-corrected chi connectivity index (χ1v) is 10.0. The summed E-state index contributed by atoms with van der Waals surface area (Å²) in [7, 11) is 1.66. The molecule has 28 heavy (non-hydrogen) atoms. The lowest BCUT2D eigenvalue weighted by molar-refractivity contribution is 0.0313. The van der Waals surface area contributed by atoms with Gasteiger partial charge in [0.2, 0.25) is 0 Å². The van der Waals surface area contributed by atoms with Gasteiger partial charge in [0.1, 0.15) is 24.2 Å². The van der Waals surface area contributed by atoms with Crippen LogP contribution in [0, 0.1) is 0 Å². The largest absolute Gasteiger partial charge is 0.497 e. The molecule has 152 valence electrons. The number of ether oxygens (including phenoxy) is 3. The normalized spacial score (nSPS) is 17.6. The van der Waals surface area contributed by atoms with Crippen LogP contribution in [-0.2, 0) is 11.3 Å². The summed E-state index contributed by atoms with van der Waals surface area (Å²) in [6.45, 7) is 3.10. The molecule has 0 amide bonds. The van der Waals surface area contributed by atoms with Gasteiger partial charge in [-0.05, 0) is 54.8 Å². The number of aliphatic hydroxyl groups excluding tert-OH is 1. The number of benzene rings is 2. The lowest BCUT2D eigenvalue weighted by Crippen LogP contribution is -2.39. The van der Waals surface area contributed by atoms with Gasteiger partial charge in [0.05, 0.1) is 13.2 Å². The minimum absolute atomic E-state index is 0.225. The smallest absolute Gasteiger partial charge is 0.119 e. The summed E-state index contributed by atoms with van der Waals surface area (Å²) < 4.78 is 16.7. The van der Waals surface area contributed by atoms with Crippen molar-refractivity contribution < 1.29 is 19.3 Å². The van der Waals surface area contributed by atoms with E-state index in [1.54, 1.807) is 31.4 Å². The van der Waals surface area contributed by atoms with Gasteiger partial charge < -0.3 is 19.3 Å². The summed E-state index contributed by atoms with van der Waals surface area (Å²) in [4.78, 5) is 2.23. The van der Waals surface area contributed by atoms with Crippen LogP contribution >= 0.6 is 11.6 Å². The molecule has 1 heterocycles. The second-order valence-corrected chi connectivity index (χ2v) is 7.53. The van der Waals surface area contributed by atoms with E-state index < -0.39 is 6.10 Å². The number of hydrogen-bond donors (Lipinski definition) is 1. The molecule has 6 heteroatoms. The molecule has 0 saturated carbocycles. The quantitative estimate of drug-likeness (QED) is 0.652. The Morgan fingerprint density at radius 1 is 1.14 bits per heavy atom. The molecule has 3 rings (SSSR count). The molecule has 5 nitrogen and oxygen atoms in total. The van der Waals surface area contributed by atoms with Crippen LogP contribution in [0.25, 0.3) is 0 Å². The molecule has 0 aromatic heterocycles. The SMILES string of the molecule is COc1ccc(CN(C[C@@H](O)COc2ccc(Cl)cc2)C[C@H]2CCCO2)cc1. The maximum absolute atomic E-state index is 10.5. The van der Waals surface area contributed by atoms with Crippen molar-refractivity contribution in [2.24, 2.45) is 0 Å². The van der Waals surface area contributed by atoms with Crippen LogP contribution in [0.1, 0.15) is 18.4 Å². The molecule has 1 saturated heterocycles. The minimum Gasteiger partial charge on any atom is -0.497 e. The monoisotopic (exact) mass is 405 g/mol. The van der Waals surface area contributed by atoms with E-state index in [0.29, 0.717) is 17.3 Å². The van der Waals surface area contributed by atoms with Crippen molar-refractivity contribution in [3.05, 3.63) is 59.1 Å². The van der Waals surface area contributed by atoms with E-state index in [1.165, 1.54) is 5.56 Å². The molecule has 1 aliphatic heterocycles. The average molecular weight is 406 g/mol. The second-order valence-electron chi connectivity index (χ2n) is 7.10. The van der Waals surface area contributed by atoms with Crippen molar-refractivity contribution in [1.82, 2.24) is 4.90 Å². The van der Waals surface area contributed by atoms with Gasteiger partial charge in [-0.1, -0.05) is 23.7 Å². The summed E-state index contributed by atoms with van der Waals surface area (Å²) in [6, 6.07) is 15.2. The van der Waals surface area contributed by atoms with Gasteiger partial charge in [-0.3, -0.25) is 4.90 Å². The molecule has 1 aliphatic rings. The van der Waals surface area contributed by atoms with Gasteiger partial charge >= 0.3 is 0 Å². The highest BCUT2D eigenvalue weighted by Gasteiger charge is 2.21. The third kappa shape index (κ3) is 6.67. The molecule has 1 N–H and O–H groups in total. The Labute approximate surface area is 171 Å². The Morgan fingerprint density at radius 2 is 1.86 bits per heavy atom. The van der Waals surface area contributed by atoms with E-state index in [4.69, 9.17) is 25.8 Å². The van der Waals surface area contributed by atoms with Gasteiger partial charge in [0, 0.05) is 31.3 Å². The molecular weight excluding hydrogens is 378 g/mol. The zero-order valence-electron chi connectivity index (χ0n) is 16.2. The fraction of sp³-hybridized carbons (Fsp3) is 0.455. The van der Waals surface area contributed by atoms with E-state index >= 15 is 0 Å². The number of hydrogen-bond acceptors (Lipinski definition) is 5. The molecule has 0 aliphatic carbocycles. The van der Waals surface area contributed by atoms with Crippen molar-refractivity contribution in [2.45, 2.75) is 31.6 Å². The molecule has 2 aromatic rings. The summed E-state index contributed by atoms with van der Waals surface area (Å²) in [5.41, 5.74) is 1.17. The third-order valence-corrected chi connectivity index (χ3v) is 5.03. The highest BCUT2D eigenvalue weighted by atomic mass is 35.5. The Kier molecular flexibility index (Phi) is 7.98. The maximum Gasteiger partial charge on any atom is 0.119 e. The minimum atomic E-state index is -0.602. The molecule has 2 aromatic carbocycles. The molecule has 2 atom stereocenters. The Hall–Kier alpha value is -1.79. The summed E-state index contributed by atoms with van der Waals surface area (Å²) in [6.07, 6.45) is 1.79. The van der Waals surface area contributed by atoms with Crippen LogP contribution < -0.4 is 9.47 Å². The van der Waals surface area contributed by atoms with Crippen LogP contribution in [-0.4, -0.2) is 55.6 Å². The first kappa shape index (κ1) is 20.9. The third-order valence-electron chi connectivity index (χ3n) is 4.78. The van der Waals surface area contributed by atoms with E-state index in [9.17, 15) is 5.11 Å². The molecule has 0 unspecified atom stereocenters. The van der Waals surface area contributed by atoms with Gasteiger partial charge in [0.15, 0.2) is 0 Å². The number of methoxy groups -OCH3 is 1. The van der Waals surface area contributed by atoms with Crippen LogP contribution in [0.4, 0.5) is 0 Å². The fourth-order valence-corrected chi connectivity index (χ4v) is 3.47. The first-order chi connectivity index (χ1) is 13.6. The number of rotatable bonds is 10. The van der Waals surface area contributed by atoms with Gasteiger partial charge in [0.25, 0.3) is 0 Å². The number of aliphatic hydroxyl groups is 1. The predicted octanol–water partition coefficient (Wildman–Crippen LogP) is 3.77. The maximum atomic E-state index is 10.5. The van der Waals surface area contributed by atoms with Gasteiger partial charge in [-0.25, -0.2) is 0 Å². The summed E-state index contributed by atoms with van der Waals surface area (Å²) in [5.74, 6) is 1.54. The molecule has 0 spiro atoms. The predicted molar refractivity (Wildman–Crippen MR) is 110 cm³/mol. The van der Waals surface area contributed by atoms with Crippen LogP contribution in [0.15, 0.2) is 48.5 Å². The van der Waals surface area contributed by atoms with Crippen molar-refractivity contribution >= 4 is 11.6 Å². The summed E-state index contributed by atoms with van der Waals surface area (Å²) in [5, 5.41) is 11.2. The fourth-order valence-electron chi connectivity index (χ4n) is 3.34. The summed E-state index contributed by atoms with van der Waals surface area (Å²) >= 11 is 5.89. The van der Waals surface area contributed by atoms with E-state index in [2.05, 4.69) is 17.0 Å². The standard InChI is InChI=1S/C22H28ClNO4/c1-26-20-8-4-17(5-9-20)13-24(15-22-3-2-12-27-22)14-19(25)16-28-21-10-6-18(23)7-11-21/h4-11,19,22,25H,2-3,12-16H2,1H3/t19-,22-/m1/s1. The topological polar surface area (TPSA) is 51.2 Å². The Balaban J connectivity index is 1.55. The highest BCUT2D eigenvalue weighted by Crippen LogP contribution is 2.18. The first-order valence-electron chi connectivity index (χ1n) is 9.65. The van der Waals surface area contributed by atoms with Crippen LogP contribution in [0.5, 0.6) is 11.5 Å². The number of nitrogens with zero attached hydrogens (tertiary/aromatic N) is 1. The second kappa shape index (κ2) is 10.7. The van der Waals surface area contributed by atoms with Crippen molar-refractivity contribution in [3.8, 4) is 11.5 Å². The molecule has 0 radical (unpaired) electrons. The van der Waals surface area contributed by atoms with E-state index in [0.717, 1.165) is 38.3 Å². The zero-order valence-corrected chi connectivity index (χ0v) is 17.0. The van der Waals surface area contributed by atoms with Crippen molar-refractivity contribution in [2.75, 3.05) is 33.4 Å². The van der Waals surface area contributed by atoms with Crippen molar-refractivity contribution in [1.29, 1.82) is 0 Å². The lowest BCUT2D eigenvalue weighted by Gasteiger charge is -2.27.